The smallest absolute Gasteiger partial charge is 0.126 e. The van der Waals surface area contributed by atoms with Crippen molar-refractivity contribution < 1.29 is 14.6 Å². The van der Waals surface area contributed by atoms with E-state index in [4.69, 9.17) is 9.47 Å². The largest absolute Gasteiger partial charge is 0.496 e. The van der Waals surface area contributed by atoms with E-state index in [9.17, 15) is 5.11 Å². The standard InChI is InChI=1S/C23H34O3/c1-4-5-6-7-8-9-16-10-21(25-2)23(22(11-16)26-3)20-14-19(15-24)17-12-18(20)13-17/h10-11,14,17-18,20,24H,4-9,12-13,15H2,1-3H3/t17?,18?,20-/m1/s1. The highest BCUT2D eigenvalue weighted by Gasteiger charge is 2.43. The first-order chi connectivity index (χ1) is 12.7. The molecule has 1 fully saturated rings. The normalized spacial score (nSPS) is 24.0. The van der Waals surface area contributed by atoms with Crippen LogP contribution in [0.25, 0.3) is 0 Å². The molecule has 0 saturated heterocycles. The van der Waals surface area contributed by atoms with E-state index >= 15 is 0 Å². The fourth-order valence-electron chi connectivity index (χ4n) is 4.66. The lowest BCUT2D eigenvalue weighted by Crippen LogP contribution is -2.35. The van der Waals surface area contributed by atoms with Crippen molar-refractivity contribution in [3.8, 4) is 11.5 Å². The summed E-state index contributed by atoms with van der Waals surface area (Å²) in [5, 5.41) is 9.68. The van der Waals surface area contributed by atoms with Crippen molar-refractivity contribution >= 4 is 0 Å². The topological polar surface area (TPSA) is 38.7 Å². The minimum absolute atomic E-state index is 0.175. The van der Waals surface area contributed by atoms with Crippen LogP contribution in [-0.4, -0.2) is 25.9 Å². The number of methoxy groups -OCH3 is 2. The van der Waals surface area contributed by atoms with E-state index in [0.717, 1.165) is 17.9 Å². The summed E-state index contributed by atoms with van der Waals surface area (Å²) in [7, 11) is 3.51. The first-order valence-corrected chi connectivity index (χ1v) is 10.3. The quantitative estimate of drug-likeness (QED) is 0.458. The van der Waals surface area contributed by atoms with Gasteiger partial charge in [0, 0.05) is 11.5 Å². The third-order valence-electron chi connectivity index (χ3n) is 6.29. The molecule has 3 aliphatic carbocycles. The summed E-state index contributed by atoms with van der Waals surface area (Å²) in [6, 6.07) is 4.41. The molecule has 3 nitrogen and oxygen atoms in total. The van der Waals surface area contributed by atoms with E-state index in [2.05, 4.69) is 25.1 Å². The predicted octanol–water partition coefficient (Wildman–Crippen LogP) is 5.26. The van der Waals surface area contributed by atoms with Crippen LogP contribution in [0.1, 0.15) is 68.9 Å². The first-order valence-electron chi connectivity index (χ1n) is 10.3. The molecule has 1 aromatic rings. The van der Waals surface area contributed by atoms with Crippen LogP contribution in [0.3, 0.4) is 0 Å². The Bertz CT molecular complexity index is 603. The molecule has 1 saturated carbocycles. The van der Waals surface area contributed by atoms with Gasteiger partial charge in [0.2, 0.25) is 0 Å². The number of ether oxygens (including phenoxy) is 2. The number of hydrogen-bond donors (Lipinski definition) is 1. The Kier molecular flexibility index (Phi) is 6.63. The van der Waals surface area contributed by atoms with Crippen molar-refractivity contribution in [3.63, 3.8) is 0 Å². The Labute approximate surface area is 158 Å². The van der Waals surface area contributed by atoms with Gasteiger partial charge in [-0.05, 0) is 60.8 Å². The molecule has 2 bridgehead atoms. The number of aliphatic hydroxyl groups excluding tert-OH is 1. The van der Waals surface area contributed by atoms with Gasteiger partial charge >= 0.3 is 0 Å². The van der Waals surface area contributed by atoms with Gasteiger partial charge in [-0.1, -0.05) is 38.7 Å². The van der Waals surface area contributed by atoms with E-state index < -0.39 is 0 Å². The fourth-order valence-corrected chi connectivity index (χ4v) is 4.66. The molecular weight excluding hydrogens is 324 g/mol. The Balaban J connectivity index is 1.81. The van der Waals surface area contributed by atoms with E-state index in [1.54, 1.807) is 14.2 Å². The van der Waals surface area contributed by atoms with Crippen LogP contribution in [0.2, 0.25) is 0 Å². The highest BCUT2D eigenvalue weighted by molar-refractivity contribution is 5.53. The van der Waals surface area contributed by atoms with Crippen LogP contribution in [0.4, 0.5) is 0 Å². The lowest BCUT2D eigenvalue weighted by Gasteiger charge is -2.46. The minimum atomic E-state index is 0.175. The number of benzene rings is 1. The van der Waals surface area contributed by atoms with E-state index in [1.807, 2.05) is 0 Å². The van der Waals surface area contributed by atoms with Crippen LogP contribution >= 0.6 is 0 Å². The average molecular weight is 359 g/mol. The number of unbranched alkanes of at least 4 members (excludes halogenated alkanes) is 4. The number of aryl methyl sites for hydroxylation is 1. The van der Waals surface area contributed by atoms with Gasteiger partial charge in [0.1, 0.15) is 11.5 Å². The second-order valence-electron chi connectivity index (χ2n) is 7.93. The fraction of sp³-hybridized carbons (Fsp3) is 0.652. The zero-order valence-corrected chi connectivity index (χ0v) is 16.6. The third-order valence-corrected chi connectivity index (χ3v) is 6.29. The average Bonchev–Trinajstić information content (AvgIpc) is 2.65. The van der Waals surface area contributed by atoms with Gasteiger partial charge in [-0.15, -0.1) is 0 Å². The summed E-state index contributed by atoms with van der Waals surface area (Å²) < 4.78 is 11.6. The molecule has 0 amide bonds. The zero-order valence-electron chi connectivity index (χ0n) is 16.6. The van der Waals surface area contributed by atoms with Gasteiger partial charge < -0.3 is 14.6 Å². The molecule has 3 aliphatic rings. The SMILES string of the molecule is CCCCCCCc1cc(OC)c([C@@H]2C=C(CO)C3CC2C3)c(OC)c1. The van der Waals surface area contributed by atoms with Crippen molar-refractivity contribution in [2.24, 2.45) is 11.8 Å². The van der Waals surface area contributed by atoms with Crippen molar-refractivity contribution in [1.82, 2.24) is 0 Å². The lowest BCUT2D eigenvalue weighted by atomic mass is 9.59. The van der Waals surface area contributed by atoms with Gasteiger partial charge in [-0.3, -0.25) is 0 Å². The van der Waals surface area contributed by atoms with E-state index in [-0.39, 0.29) is 6.61 Å². The second-order valence-corrected chi connectivity index (χ2v) is 7.93. The number of aliphatic hydroxyl groups is 1. The number of fused-ring (bicyclic) bond motifs is 1. The highest BCUT2D eigenvalue weighted by Crippen LogP contribution is 2.55. The molecule has 0 heterocycles. The molecule has 1 N–H and O–H groups in total. The van der Waals surface area contributed by atoms with Crippen LogP contribution in [0.15, 0.2) is 23.8 Å². The Morgan fingerprint density at radius 3 is 2.23 bits per heavy atom. The summed E-state index contributed by atoms with van der Waals surface area (Å²) in [5.41, 5.74) is 3.66. The molecule has 0 aromatic heterocycles. The molecule has 3 heteroatoms. The number of allylic oxidation sites excluding steroid dienone is 1. The van der Waals surface area contributed by atoms with Crippen LogP contribution in [-0.2, 0) is 6.42 Å². The van der Waals surface area contributed by atoms with Crippen LogP contribution < -0.4 is 9.47 Å². The Morgan fingerprint density at radius 2 is 1.65 bits per heavy atom. The summed E-state index contributed by atoms with van der Waals surface area (Å²) in [4.78, 5) is 0. The lowest BCUT2D eigenvalue weighted by molar-refractivity contribution is 0.161. The van der Waals surface area contributed by atoms with Crippen molar-refractivity contribution in [2.45, 2.75) is 64.2 Å². The van der Waals surface area contributed by atoms with Gasteiger partial charge in [0.05, 0.1) is 20.8 Å². The van der Waals surface area contributed by atoms with Gasteiger partial charge in [-0.2, -0.15) is 0 Å². The maximum Gasteiger partial charge on any atom is 0.126 e. The monoisotopic (exact) mass is 358 g/mol. The molecule has 4 rings (SSSR count). The first kappa shape index (κ1) is 19.3. The molecule has 1 atom stereocenters. The zero-order chi connectivity index (χ0) is 18.5. The number of rotatable bonds is 10. The summed E-state index contributed by atoms with van der Waals surface area (Å²) in [6.45, 7) is 2.43. The minimum Gasteiger partial charge on any atom is -0.496 e. The molecule has 26 heavy (non-hydrogen) atoms. The maximum absolute atomic E-state index is 9.68. The molecule has 0 unspecified atom stereocenters. The van der Waals surface area contributed by atoms with Crippen molar-refractivity contribution in [2.75, 3.05) is 20.8 Å². The highest BCUT2D eigenvalue weighted by atomic mass is 16.5. The Morgan fingerprint density at radius 1 is 1.00 bits per heavy atom. The van der Waals surface area contributed by atoms with Gasteiger partial charge in [0.15, 0.2) is 0 Å². The van der Waals surface area contributed by atoms with Crippen molar-refractivity contribution in [1.29, 1.82) is 0 Å². The molecule has 0 radical (unpaired) electrons. The number of hydrogen-bond acceptors (Lipinski definition) is 3. The summed E-state index contributed by atoms with van der Waals surface area (Å²) in [5.74, 6) is 3.43. The van der Waals surface area contributed by atoms with Gasteiger partial charge in [-0.25, -0.2) is 0 Å². The second kappa shape index (κ2) is 8.94. The van der Waals surface area contributed by atoms with Crippen LogP contribution in [0, 0.1) is 11.8 Å². The maximum atomic E-state index is 9.68. The Hall–Kier alpha value is -1.48. The van der Waals surface area contributed by atoms with E-state index in [0.29, 0.717) is 17.8 Å². The van der Waals surface area contributed by atoms with Crippen LogP contribution in [0.5, 0.6) is 11.5 Å². The summed E-state index contributed by atoms with van der Waals surface area (Å²) >= 11 is 0. The van der Waals surface area contributed by atoms with Crippen molar-refractivity contribution in [3.05, 3.63) is 34.9 Å². The molecular formula is C23H34O3. The molecule has 144 valence electrons. The van der Waals surface area contributed by atoms with E-state index in [1.165, 1.54) is 61.6 Å². The summed E-state index contributed by atoms with van der Waals surface area (Å²) in [6.07, 6.45) is 12.1. The predicted molar refractivity (Wildman–Crippen MR) is 106 cm³/mol. The molecule has 0 aliphatic heterocycles. The van der Waals surface area contributed by atoms with Gasteiger partial charge in [0.25, 0.3) is 0 Å². The third kappa shape index (κ3) is 3.93. The molecule has 0 spiro atoms. The molecule has 1 aromatic carbocycles.